The second-order valence-electron chi connectivity index (χ2n) is 8.69. The maximum atomic E-state index is 13.9. The molecule has 3 rings (SSSR count). The van der Waals surface area contributed by atoms with Gasteiger partial charge in [-0.2, -0.15) is 17.6 Å². The largest absolute Gasteiger partial charge is 0.470 e. The molecule has 0 saturated carbocycles. The van der Waals surface area contributed by atoms with E-state index in [2.05, 4.69) is 15.4 Å². The van der Waals surface area contributed by atoms with Crippen LogP contribution in [0.5, 0.6) is 5.88 Å². The fourth-order valence-corrected chi connectivity index (χ4v) is 3.14. The maximum absolute atomic E-state index is 13.9. The molecule has 2 aromatic heterocycles. The Kier molecular flexibility index (Phi) is 6.95. The number of amides is 1. The molecule has 2 heterocycles. The van der Waals surface area contributed by atoms with Crippen molar-refractivity contribution < 1.29 is 37.3 Å². The minimum Gasteiger partial charge on any atom is -0.470 e. The monoisotopic (exact) mass is 499 g/mol. The van der Waals surface area contributed by atoms with E-state index in [4.69, 9.17) is 15.6 Å². The normalized spacial score (nSPS) is 12.7. The average molecular weight is 499 g/mol. The predicted molar refractivity (Wildman–Crippen MR) is 119 cm³/mol. The van der Waals surface area contributed by atoms with Crippen LogP contribution in [0.3, 0.4) is 0 Å². The summed E-state index contributed by atoms with van der Waals surface area (Å²) >= 11 is 0. The van der Waals surface area contributed by atoms with Crippen LogP contribution in [0.4, 0.5) is 23.2 Å². The molecule has 0 radical (unpaired) electrons. The number of imidazole rings is 1. The highest BCUT2D eigenvalue weighted by Crippen LogP contribution is 2.35. The minimum atomic E-state index is -4.70. The Morgan fingerprint density at radius 3 is 2.46 bits per heavy atom. The van der Waals surface area contributed by atoms with E-state index in [0.29, 0.717) is 22.4 Å². The smallest absolute Gasteiger partial charge is 0.345 e. The van der Waals surface area contributed by atoms with Gasteiger partial charge in [0, 0.05) is 23.7 Å². The number of carbonyl (C=O) groups is 1. The van der Waals surface area contributed by atoms with Gasteiger partial charge in [0.25, 0.3) is 0 Å². The second-order valence-corrected chi connectivity index (χ2v) is 8.69. The van der Waals surface area contributed by atoms with Gasteiger partial charge >= 0.3 is 11.8 Å². The number of aromatic nitrogens is 3. The molecular weight excluding hydrogens is 474 g/mol. The number of rotatable bonds is 10. The highest BCUT2D eigenvalue weighted by molar-refractivity contribution is 5.94. The Labute approximate surface area is 197 Å². The standard InChI is InChI=1S/C22H25F4N5O4/c1-12-6-13(4-5-14(12)18(27)33)16-8-28-19-15(29-9-20(2,3)34)7-17(30-31(16)19)35-11-22(25,26)21(23,24)10-32/h4-8,29,32,34H,9-11H2,1-3H3,(H2,27,33). The van der Waals surface area contributed by atoms with Crippen molar-refractivity contribution in [2.75, 3.05) is 25.1 Å². The summed E-state index contributed by atoms with van der Waals surface area (Å²) in [6.07, 6.45) is 1.44. The van der Waals surface area contributed by atoms with Crippen LogP contribution in [-0.4, -0.2) is 67.9 Å². The van der Waals surface area contributed by atoms with E-state index in [-0.39, 0.29) is 17.9 Å². The van der Waals surface area contributed by atoms with Gasteiger partial charge < -0.3 is 26.0 Å². The molecule has 0 aliphatic rings. The first-order valence-corrected chi connectivity index (χ1v) is 10.4. The molecule has 0 aliphatic carbocycles. The number of nitrogens with zero attached hydrogens (tertiary/aromatic N) is 3. The van der Waals surface area contributed by atoms with Crippen molar-refractivity contribution in [3.05, 3.63) is 41.6 Å². The number of nitrogens with one attached hydrogen (secondary N) is 1. The fourth-order valence-electron chi connectivity index (χ4n) is 3.14. The number of aliphatic hydroxyl groups is 2. The predicted octanol–water partition coefficient (Wildman–Crippen LogP) is 2.63. The number of fused-ring (bicyclic) bond motifs is 1. The zero-order valence-corrected chi connectivity index (χ0v) is 19.1. The number of alkyl halides is 4. The maximum Gasteiger partial charge on any atom is 0.345 e. The summed E-state index contributed by atoms with van der Waals surface area (Å²) < 4.78 is 60.7. The average Bonchev–Trinajstić information content (AvgIpc) is 3.19. The molecule has 0 aliphatic heterocycles. The number of nitrogens with two attached hydrogens (primary N) is 1. The lowest BCUT2D eigenvalue weighted by atomic mass is 10.0. The zero-order valence-electron chi connectivity index (χ0n) is 19.1. The number of primary amides is 1. The number of aryl methyl sites for hydroxylation is 1. The van der Waals surface area contributed by atoms with E-state index >= 15 is 0 Å². The number of aliphatic hydroxyl groups excluding tert-OH is 1. The number of ether oxygens (including phenoxy) is 1. The number of hydrogen-bond donors (Lipinski definition) is 4. The van der Waals surface area contributed by atoms with E-state index in [1.807, 2.05) is 0 Å². The van der Waals surface area contributed by atoms with Crippen LogP contribution in [0.1, 0.15) is 29.8 Å². The Bertz CT molecular complexity index is 1240. The molecule has 13 heteroatoms. The van der Waals surface area contributed by atoms with Crippen molar-refractivity contribution in [2.24, 2.45) is 5.73 Å². The molecule has 0 unspecified atom stereocenters. The van der Waals surface area contributed by atoms with Gasteiger partial charge in [-0.05, 0) is 38.5 Å². The summed E-state index contributed by atoms with van der Waals surface area (Å²) in [6.45, 7) is 0.968. The van der Waals surface area contributed by atoms with Crippen molar-refractivity contribution in [3.63, 3.8) is 0 Å². The van der Waals surface area contributed by atoms with Gasteiger partial charge in [0.2, 0.25) is 11.8 Å². The van der Waals surface area contributed by atoms with E-state index in [1.54, 1.807) is 19.1 Å². The number of hydrogen-bond acceptors (Lipinski definition) is 7. The number of carbonyl (C=O) groups excluding carboxylic acids is 1. The summed E-state index contributed by atoms with van der Waals surface area (Å²) in [5, 5.41) is 25.7. The van der Waals surface area contributed by atoms with Crippen molar-refractivity contribution in [1.82, 2.24) is 14.6 Å². The third-order valence-electron chi connectivity index (χ3n) is 5.08. The van der Waals surface area contributed by atoms with Crippen LogP contribution in [0, 0.1) is 6.92 Å². The van der Waals surface area contributed by atoms with Crippen molar-refractivity contribution in [3.8, 4) is 17.1 Å². The highest BCUT2D eigenvalue weighted by Gasteiger charge is 2.56. The lowest BCUT2D eigenvalue weighted by Gasteiger charge is -2.24. The van der Waals surface area contributed by atoms with Crippen LogP contribution in [-0.2, 0) is 0 Å². The molecule has 3 aromatic rings. The molecule has 0 spiro atoms. The first-order chi connectivity index (χ1) is 16.1. The molecule has 1 amide bonds. The lowest BCUT2D eigenvalue weighted by molar-refractivity contribution is -0.236. The van der Waals surface area contributed by atoms with E-state index in [0.717, 1.165) is 0 Å². The van der Waals surface area contributed by atoms with Crippen LogP contribution in [0.2, 0.25) is 0 Å². The van der Waals surface area contributed by atoms with Crippen LogP contribution >= 0.6 is 0 Å². The van der Waals surface area contributed by atoms with Crippen molar-refractivity contribution in [1.29, 1.82) is 0 Å². The van der Waals surface area contributed by atoms with Gasteiger partial charge in [0.05, 0.1) is 23.2 Å². The fraction of sp³-hybridized carbons (Fsp3) is 0.409. The summed E-state index contributed by atoms with van der Waals surface area (Å²) in [7, 11) is 0. The van der Waals surface area contributed by atoms with Gasteiger partial charge in [-0.1, -0.05) is 6.07 Å². The number of benzene rings is 1. The topological polar surface area (TPSA) is 135 Å². The number of halogens is 4. The Balaban J connectivity index is 2.06. The summed E-state index contributed by atoms with van der Waals surface area (Å²) in [6, 6.07) is 5.94. The van der Waals surface area contributed by atoms with Crippen molar-refractivity contribution >= 4 is 17.2 Å². The molecule has 0 fully saturated rings. The minimum absolute atomic E-state index is 0.0272. The van der Waals surface area contributed by atoms with Crippen LogP contribution in [0.25, 0.3) is 16.9 Å². The Morgan fingerprint density at radius 2 is 1.89 bits per heavy atom. The number of anilines is 1. The molecule has 9 nitrogen and oxygen atoms in total. The molecular formula is C22H25F4N5O4. The molecule has 0 saturated heterocycles. The molecule has 35 heavy (non-hydrogen) atoms. The second kappa shape index (κ2) is 9.30. The SMILES string of the molecule is Cc1cc(-c2cnc3c(NCC(C)(C)O)cc(OCC(F)(F)C(F)(F)CO)nn23)ccc1C(N)=O. The third-order valence-corrected chi connectivity index (χ3v) is 5.08. The van der Waals surface area contributed by atoms with Crippen LogP contribution < -0.4 is 15.8 Å². The molecule has 0 bridgehead atoms. The summed E-state index contributed by atoms with van der Waals surface area (Å²) in [4.78, 5) is 15.8. The first-order valence-electron chi connectivity index (χ1n) is 10.4. The molecule has 190 valence electrons. The third kappa shape index (κ3) is 5.62. The summed E-state index contributed by atoms with van der Waals surface area (Å²) in [5.74, 6) is -10.4. The van der Waals surface area contributed by atoms with Gasteiger partial charge in [0.15, 0.2) is 12.3 Å². The van der Waals surface area contributed by atoms with Gasteiger partial charge in [-0.25, -0.2) is 9.50 Å². The molecule has 1 aromatic carbocycles. The summed E-state index contributed by atoms with van der Waals surface area (Å²) in [5.41, 5.74) is 6.46. The van der Waals surface area contributed by atoms with Crippen LogP contribution in [0.15, 0.2) is 30.5 Å². The quantitative estimate of drug-likeness (QED) is 0.315. The van der Waals surface area contributed by atoms with Gasteiger partial charge in [0.1, 0.15) is 6.61 Å². The Morgan fingerprint density at radius 1 is 1.20 bits per heavy atom. The first kappa shape index (κ1) is 26.2. The van der Waals surface area contributed by atoms with Crippen molar-refractivity contribution in [2.45, 2.75) is 38.2 Å². The van der Waals surface area contributed by atoms with Gasteiger partial charge in [-0.15, -0.1) is 5.10 Å². The lowest BCUT2D eigenvalue weighted by Crippen LogP contribution is -2.47. The van der Waals surface area contributed by atoms with E-state index in [1.165, 1.54) is 36.7 Å². The van der Waals surface area contributed by atoms with E-state index in [9.17, 15) is 27.5 Å². The highest BCUT2D eigenvalue weighted by atomic mass is 19.3. The molecule has 0 atom stereocenters. The van der Waals surface area contributed by atoms with E-state index < -0.39 is 42.4 Å². The zero-order chi connectivity index (χ0) is 26.2. The molecule has 5 N–H and O–H groups in total. The Hall–Kier alpha value is -3.45. The van der Waals surface area contributed by atoms with Gasteiger partial charge in [-0.3, -0.25) is 4.79 Å².